The van der Waals surface area contributed by atoms with E-state index in [0.717, 1.165) is 6.26 Å². The van der Waals surface area contributed by atoms with Gasteiger partial charge < -0.3 is 14.8 Å². The smallest absolute Gasteiger partial charge is 0.232 e. The van der Waals surface area contributed by atoms with Crippen molar-refractivity contribution < 1.29 is 22.7 Å². The Morgan fingerprint density at radius 3 is 2.48 bits per heavy atom. The minimum absolute atomic E-state index is 0.187. The predicted molar refractivity (Wildman–Crippen MR) is 104 cm³/mol. The molecule has 1 heterocycles. The van der Waals surface area contributed by atoms with E-state index in [2.05, 4.69) is 5.32 Å². The van der Waals surface area contributed by atoms with Crippen molar-refractivity contribution in [2.75, 3.05) is 35.6 Å². The molecule has 0 saturated carbocycles. The third-order valence-electron chi connectivity index (χ3n) is 4.04. The molecular formula is C19H22N2O5S. The highest BCUT2D eigenvalue weighted by Gasteiger charge is 2.17. The van der Waals surface area contributed by atoms with E-state index >= 15 is 0 Å². The molecule has 0 radical (unpaired) electrons. The zero-order valence-electron chi connectivity index (χ0n) is 15.1. The van der Waals surface area contributed by atoms with Crippen LogP contribution in [0.5, 0.6) is 11.5 Å². The summed E-state index contributed by atoms with van der Waals surface area (Å²) in [7, 11) is -3.41. The maximum Gasteiger partial charge on any atom is 0.232 e. The number of fused-ring (bicyclic) bond motifs is 1. The molecule has 1 N–H and O–H groups in total. The van der Waals surface area contributed by atoms with Crippen molar-refractivity contribution in [2.45, 2.75) is 12.8 Å². The van der Waals surface area contributed by atoms with E-state index in [9.17, 15) is 13.2 Å². The van der Waals surface area contributed by atoms with Gasteiger partial charge in [0.1, 0.15) is 13.2 Å². The molecule has 1 aliphatic heterocycles. The van der Waals surface area contributed by atoms with E-state index in [1.54, 1.807) is 42.5 Å². The maximum atomic E-state index is 12.2. The first kappa shape index (κ1) is 19.0. The van der Waals surface area contributed by atoms with E-state index < -0.39 is 10.0 Å². The van der Waals surface area contributed by atoms with Crippen molar-refractivity contribution in [3.8, 4) is 11.5 Å². The third kappa shape index (κ3) is 5.13. The van der Waals surface area contributed by atoms with Gasteiger partial charge in [0.25, 0.3) is 0 Å². The number of nitrogens with zero attached hydrogens (tertiary/aromatic N) is 1. The molecule has 8 heteroatoms. The van der Waals surface area contributed by atoms with Crippen molar-refractivity contribution in [1.29, 1.82) is 0 Å². The van der Waals surface area contributed by atoms with E-state index in [0.29, 0.717) is 42.5 Å². The van der Waals surface area contributed by atoms with Gasteiger partial charge in [0, 0.05) is 24.7 Å². The number of carbonyl (C=O) groups excluding carboxylic acids is 1. The number of rotatable bonds is 7. The molecule has 2 aromatic rings. The topological polar surface area (TPSA) is 84.9 Å². The highest BCUT2D eigenvalue weighted by molar-refractivity contribution is 7.92. The van der Waals surface area contributed by atoms with Gasteiger partial charge in [-0.15, -0.1) is 0 Å². The van der Waals surface area contributed by atoms with Gasteiger partial charge in [-0.1, -0.05) is 18.2 Å². The number of hydrogen-bond donors (Lipinski definition) is 1. The van der Waals surface area contributed by atoms with Crippen LogP contribution >= 0.6 is 0 Å². The molecule has 0 bridgehead atoms. The van der Waals surface area contributed by atoms with Gasteiger partial charge in [0.05, 0.1) is 11.9 Å². The molecule has 1 aliphatic rings. The molecule has 0 aromatic heterocycles. The first-order valence-electron chi connectivity index (χ1n) is 8.66. The van der Waals surface area contributed by atoms with Gasteiger partial charge in [-0.25, -0.2) is 8.42 Å². The summed E-state index contributed by atoms with van der Waals surface area (Å²) >= 11 is 0. The standard InChI is InChI=1S/C19H22N2O5S/c1-27(23,24)21(16-6-3-2-4-7-16)11-5-8-19(22)20-15-9-10-17-18(14-15)26-13-12-25-17/h2-4,6-7,9-10,14H,5,8,11-13H2,1H3,(H,20,22). The molecule has 144 valence electrons. The van der Waals surface area contributed by atoms with Crippen LogP contribution in [0.25, 0.3) is 0 Å². The van der Waals surface area contributed by atoms with Crippen LogP contribution in [0, 0.1) is 0 Å². The Kier molecular flexibility index (Phi) is 5.85. The van der Waals surface area contributed by atoms with Crippen LogP contribution in [0.3, 0.4) is 0 Å². The molecule has 7 nitrogen and oxygen atoms in total. The number of anilines is 2. The number of sulfonamides is 1. The Hall–Kier alpha value is -2.74. The van der Waals surface area contributed by atoms with Crippen LogP contribution in [0.1, 0.15) is 12.8 Å². The van der Waals surface area contributed by atoms with Crippen LogP contribution in [0.15, 0.2) is 48.5 Å². The molecule has 0 fully saturated rings. The fourth-order valence-electron chi connectivity index (χ4n) is 2.81. The average Bonchev–Trinajstić information content (AvgIpc) is 2.65. The Morgan fingerprint density at radius 1 is 1.07 bits per heavy atom. The zero-order valence-corrected chi connectivity index (χ0v) is 15.9. The summed E-state index contributed by atoms with van der Waals surface area (Å²) < 4.78 is 36.3. The molecule has 0 aliphatic carbocycles. The molecule has 2 aromatic carbocycles. The molecule has 27 heavy (non-hydrogen) atoms. The summed E-state index contributed by atoms with van der Waals surface area (Å²) in [6.07, 6.45) is 1.76. The van der Waals surface area contributed by atoms with Crippen molar-refractivity contribution >= 4 is 27.3 Å². The zero-order chi connectivity index (χ0) is 19.3. The van der Waals surface area contributed by atoms with Crippen molar-refractivity contribution in [2.24, 2.45) is 0 Å². The van der Waals surface area contributed by atoms with Gasteiger partial charge in [-0.05, 0) is 30.7 Å². The van der Waals surface area contributed by atoms with Gasteiger partial charge in [0.15, 0.2) is 11.5 Å². The monoisotopic (exact) mass is 390 g/mol. The Labute approximate surface area is 158 Å². The highest BCUT2D eigenvalue weighted by Crippen LogP contribution is 2.32. The minimum Gasteiger partial charge on any atom is -0.486 e. The van der Waals surface area contributed by atoms with E-state index in [1.165, 1.54) is 4.31 Å². The summed E-state index contributed by atoms with van der Waals surface area (Å²) in [5.74, 6) is 1.07. The van der Waals surface area contributed by atoms with Gasteiger partial charge >= 0.3 is 0 Å². The molecular weight excluding hydrogens is 368 g/mol. The van der Waals surface area contributed by atoms with Crippen molar-refractivity contribution in [1.82, 2.24) is 0 Å². The summed E-state index contributed by atoms with van der Waals surface area (Å²) in [5, 5.41) is 2.80. The lowest BCUT2D eigenvalue weighted by Gasteiger charge is -2.22. The average molecular weight is 390 g/mol. The van der Waals surface area contributed by atoms with Crippen LogP contribution in [0.4, 0.5) is 11.4 Å². The van der Waals surface area contributed by atoms with Gasteiger partial charge in [-0.2, -0.15) is 0 Å². The lowest BCUT2D eigenvalue weighted by molar-refractivity contribution is -0.116. The van der Waals surface area contributed by atoms with Crippen molar-refractivity contribution in [3.05, 3.63) is 48.5 Å². The fourth-order valence-corrected chi connectivity index (χ4v) is 3.77. The summed E-state index contributed by atoms with van der Waals surface area (Å²) in [6.45, 7) is 1.22. The summed E-state index contributed by atoms with van der Waals surface area (Å²) in [6, 6.07) is 14.1. The number of hydrogen-bond acceptors (Lipinski definition) is 5. The lowest BCUT2D eigenvalue weighted by atomic mass is 10.2. The van der Waals surface area contributed by atoms with Crippen LogP contribution < -0.4 is 19.1 Å². The fraction of sp³-hybridized carbons (Fsp3) is 0.316. The van der Waals surface area contributed by atoms with Gasteiger partial charge in [-0.3, -0.25) is 9.10 Å². The Bertz CT molecular complexity index is 900. The second-order valence-electron chi connectivity index (χ2n) is 6.18. The molecule has 0 spiro atoms. The first-order valence-corrected chi connectivity index (χ1v) is 10.5. The first-order chi connectivity index (χ1) is 12.9. The number of ether oxygens (including phenoxy) is 2. The number of nitrogens with one attached hydrogen (secondary N) is 1. The largest absolute Gasteiger partial charge is 0.486 e. The number of amides is 1. The SMILES string of the molecule is CS(=O)(=O)N(CCCC(=O)Nc1ccc2c(c1)OCCO2)c1ccccc1. The molecule has 1 amide bonds. The number of para-hydroxylation sites is 1. The highest BCUT2D eigenvalue weighted by atomic mass is 32.2. The van der Waals surface area contributed by atoms with E-state index in [-0.39, 0.29) is 18.9 Å². The summed E-state index contributed by atoms with van der Waals surface area (Å²) in [4.78, 5) is 12.2. The third-order valence-corrected chi connectivity index (χ3v) is 5.23. The quantitative estimate of drug-likeness (QED) is 0.786. The molecule has 3 rings (SSSR count). The lowest BCUT2D eigenvalue weighted by Crippen LogP contribution is -2.31. The number of carbonyl (C=O) groups is 1. The molecule has 0 unspecified atom stereocenters. The predicted octanol–water partition coefficient (Wildman–Crippen LogP) is 2.64. The molecule has 0 atom stereocenters. The van der Waals surface area contributed by atoms with Crippen LogP contribution in [0.2, 0.25) is 0 Å². The maximum absolute atomic E-state index is 12.2. The Morgan fingerprint density at radius 2 is 1.78 bits per heavy atom. The van der Waals surface area contributed by atoms with Crippen LogP contribution in [-0.4, -0.2) is 40.3 Å². The summed E-state index contributed by atoms with van der Waals surface area (Å²) in [5.41, 5.74) is 1.21. The van der Waals surface area contributed by atoms with E-state index in [4.69, 9.17) is 9.47 Å². The van der Waals surface area contributed by atoms with E-state index in [1.807, 2.05) is 6.07 Å². The molecule has 0 saturated heterocycles. The Balaban J connectivity index is 1.55. The minimum atomic E-state index is -3.41. The van der Waals surface area contributed by atoms with Crippen molar-refractivity contribution in [3.63, 3.8) is 0 Å². The van der Waals surface area contributed by atoms with Crippen LogP contribution in [-0.2, 0) is 14.8 Å². The number of benzene rings is 2. The second-order valence-corrected chi connectivity index (χ2v) is 8.09. The van der Waals surface area contributed by atoms with Gasteiger partial charge in [0.2, 0.25) is 15.9 Å². The second kappa shape index (κ2) is 8.30. The normalized spacial score (nSPS) is 13.1.